The lowest BCUT2D eigenvalue weighted by atomic mass is 10.1. The average molecular weight is 337 g/mol. The van der Waals surface area contributed by atoms with Crippen molar-refractivity contribution in [3.63, 3.8) is 0 Å². The van der Waals surface area contributed by atoms with Crippen LogP contribution in [0.3, 0.4) is 0 Å². The van der Waals surface area contributed by atoms with Gasteiger partial charge in [-0.2, -0.15) is 5.10 Å². The van der Waals surface area contributed by atoms with Crippen molar-refractivity contribution in [2.45, 2.75) is 31.0 Å². The number of aryl methyl sites for hydroxylation is 2. The second-order valence-corrected chi connectivity index (χ2v) is 7.13. The highest BCUT2D eigenvalue weighted by atomic mass is 32.2. The molecule has 1 amide bonds. The van der Waals surface area contributed by atoms with Crippen LogP contribution in [0.25, 0.3) is 10.8 Å². The van der Waals surface area contributed by atoms with E-state index in [2.05, 4.69) is 15.5 Å². The minimum atomic E-state index is -0.273. The molecule has 0 fully saturated rings. The molecule has 1 heterocycles. The number of nitrogens with one attached hydrogen (secondary N) is 1. The zero-order chi connectivity index (χ0) is 17.1. The van der Waals surface area contributed by atoms with Gasteiger partial charge in [-0.05, 0) is 38.0 Å². The number of aromatic nitrogens is 2. The number of fused-ring (bicyclic) bond motifs is 1. The number of hydrogen-bond acceptors (Lipinski definition) is 4. The number of amides is 1. The number of anilines is 1. The lowest BCUT2D eigenvalue weighted by Crippen LogP contribution is -2.23. The summed E-state index contributed by atoms with van der Waals surface area (Å²) >= 11 is 1.42. The van der Waals surface area contributed by atoms with Crippen LogP contribution in [0.15, 0.2) is 53.7 Å². The van der Waals surface area contributed by atoms with Crippen molar-refractivity contribution in [1.82, 2.24) is 10.2 Å². The van der Waals surface area contributed by atoms with E-state index < -0.39 is 0 Å². The Morgan fingerprint density at radius 3 is 2.79 bits per heavy atom. The molecular weight excluding hydrogens is 318 g/mol. The third-order valence-electron chi connectivity index (χ3n) is 3.85. The topological polar surface area (TPSA) is 54.9 Å². The SMILES string of the molecule is Cc1ccc(C)c(NC(=O)C(C)Sc2nncc3ccccc23)c1. The largest absolute Gasteiger partial charge is 0.325 e. The van der Waals surface area contributed by atoms with Gasteiger partial charge in [-0.1, -0.05) is 48.2 Å². The number of thioether (sulfide) groups is 1. The molecule has 2 aromatic carbocycles. The van der Waals surface area contributed by atoms with Crippen LogP contribution >= 0.6 is 11.8 Å². The molecule has 1 N–H and O–H groups in total. The van der Waals surface area contributed by atoms with Gasteiger partial charge >= 0.3 is 0 Å². The molecule has 0 aliphatic rings. The summed E-state index contributed by atoms with van der Waals surface area (Å²) in [6.07, 6.45) is 1.74. The third-order valence-corrected chi connectivity index (χ3v) is 4.94. The van der Waals surface area contributed by atoms with Crippen LogP contribution in [-0.2, 0) is 4.79 Å². The molecule has 0 radical (unpaired) electrons. The molecule has 1 unspecified atom stereocenters. The lowest BCUT2D eigenvalue weighted by Gasteiger charge is -2.14. The molecule has 0 saturated carbocycles. The Morgan fingerprint density at radius 1 is 1.17 bits per heavy atom. The van der Waals surface area contributed by atoms with Crippen molar-refractivity contribution in [3.05, 3.63) is 59.8 Å². The maximum atomic E-state index is 12.5. The Kier molecular flexibility index (Phi) is 4.81. The van der Waals surface area contributed by atoms with Gasteiger partial charge in [0, 0.05) is 16.5 Å². The highest BCUT2D eigenvalue weighted by molar-refractivity contribution is 8.00. The Balaban J connectivity index is 1.77. The minimum Gasteiger partial charge on any atom is -0.325 e. The molecule has 3 aromatic rings. The quantitative estimate of drug-likeness (QED) is 0.719. The van der Waals surface area contributed by atoms with Gasteiger partial charge in [0.05, 0.1) is 11.4 Å². The number of nitrogens with zero attached hydrogens (tertiary/aromatic N) is 2. The van der Waals surface area contributed by atoms with Crippen LogP contribution in [-0.4, -0.2) is 21.4 Å². The highest BCUT2D eigenvalue weighted by Crippen LogP contribution is 2.29. The Hall–Kier alpha value is -2.40. The molecule has 0 aliphatic carbocycles. The lowest BCUT2D eigenvalue weighted by molar-refractivity contribution is -0.115. The smallest absolute Gasteiger partial charge is 0.237 e. The molecule has 0 saturated heterocycles. The van der Waals surface area contributed by atoms with E-state index in [1.807, 2.05) is 63.2 Å². The first kappa shape index (κ1) is 16.5. The first-order valence-corrected chi connectivity index (χ1v) is 8.68. The summed E-state index contributed by atoms with van der Waals surface area (Å²) in [7, 11) is 0. The number of rotatable bonds is 4. The number of hydrogen-bond donors (Lipinski definition) is 1. The van der Waals surface area contributed by atoms with Crippen LogP contribution in [0, 0.1) is 13.8 Å². The summed E-state index contributed by atoms with van der Waals surface area (Å²) in [5.41, 5.74) is 3.03. The van der Waals surface area contributed by atoms with Gasteiger partial charge in [-0.15, -0.1) is 5.10 Å². The van der Waals surface area contributed by atoms with E-state index in [9.17, 15) is 4.79 Å². The Bertz CT molecular complexity index is 889. The van der Waals surface area contributed by atoms with Crippen LogP contribution in [0.1, 0.15) is 18.1 Å². The minimum absolute atomic E-state index is 0.0385. The normalized spacial score (nSPS) is 12.1. The standard InChI is InChI=1S/C19H19N3OS/c1-12-8-9-13(2)17(10-12)21-18(23)14(3)24-19-16-7-5-4-6-15(16)11-20-22-19/h4-11,14H,1-3H3,(H,21,23). The van der Waals surface area contributed by atoms with Gasteiger partial charge in [0.1, 0.15) is 5.03 Å². The fourth-order valence-corrected chi connectivity index (χ4v) is 3.32. The van der Waals surface area contributed by atoms with Gasteiger partial charge in [0.2, 0.25) is 5.91 Å². The molecule has 0 aliphatic heterocycles. The predicted molar refractivity (Wildman–Crippen MR) is 99.4 cm³/mol. The highest BCUT2D eigenvalue weighted by Gasteiger charge is 2.17. The van der Waals surface area contributed by atoms with Crippen molar-refractivity contribution in [3.8, 4) is 0 Å². The molecule has 0 spiro atoms. The van der Waals surface area contributed by atoms with Crippen molar-refractivity contribution in [1.29, 1.82) is 0 Å². The molecule has 4 nitrogen and oxygen atoms in total. The van der Waals surface area contributed by atoms with E-state index in [0.717, 1.165) is 32.6 Å². The Labute approximate surface area is 145 Å². The van der Waals surface area contributed by atoms with E-state index in [-0.39, 0.29) is 11.2 Å². The van der Waals surface area contributed by atoms with Gasteiger partial charge in [-0.25, -0.2) is 0 Å². The summed E-state index contributed by atoms with van der Waals surface area (Å²) < 4.78 is 0. The maximum Gasteiger partial charge on any atom is 0.237 e. The molecular formula is C19H19N3OS. The Morgan fingerprint density at radius 2 is 1.96 bits per heavy atom. The zero-order valence-electron chi connectivity index (χ0n) is 13.9. The number of benzene rings is 2. The summed E-state index contributed by atoms with van der Waals surface area (Å²) in [6.45, 7) is 5.89. The summed E-state index contributed by atoms with van der Waals surface area (Å²) in [5.74, 6) is -0.0385. The van der Waals surface area contributed by atoms with Crippen molar-refractivity contribution in [2.24, 2.45) is 0 Å². The number of carbonyl (C=O) groups is 1. The second-order valence-electron chi connectivity index (χ2n) is 5.80. The van der Waals surface area contributed by atoms with Gasteiger partial charge < -0.3 is 5.32 Å². The second kappa shape index (κ2) is 7.01. The van der Waals surface area contributed by atoms with Gasteiger partial charge in [0.25, 0.3) is 0 Å². The molecule has 1 aromatic heterocycles. The summed E-state index contributed by atoms with van der Waals surface area (Å²) in [6, 6.07) is 14.0. The maximum absolute atomic E-state index is 12.5. The van der Waals surface area contributed by atoms with Crippen LogP contribution in [0.4, 0.5) is 5.69 Å². The van der Waals surface area contributed by atoms with Crippen LogP contribution in [0.2, 0.25) is 0 Å². The predicted octanol–water partition coefficient (Wildman–Crippen LogP) is 4.37. The van der Waals surface area contributed by atoms with Gasteiger partial charge in [0.15, 0.2) is 0 Å². The fraction of sp³-hybridized carbons (Fsp3) is 0.211. The first-order valence-electron chi connectivity index (χ1n) is 7.80. The van der Waals surface area contributed by atoms with Crippen LogP contribution in [0.5, 0.6) is 0 Å². The van der Waals surface area contributed by atoms with Gasteiger partial charge in [-0.3, -0.25) is 4.79 Å². The van der Waals surface area contributed by atoms with E-state index in [0.29, 0.717) is 0 Å². The molecule has 0 bridgehead atoms. The summed E-state index contributed by atoms with van der Waals surface area (Å²) in [5, 5.41) is 13.8. The third kappa shape index (κ3) is 3.57. The van der Waals surface area contributed by atoms with Crippen LogP contribution < -0.4 is 5.32 Å². The van der Waals surface area contributed by atoms with Crippen molar-refractivity contribution < 1.29 is 4.79 Å². The fourth-order valence-electron chi connectivity index (χ4n) is 2.41. The van der Waals surface area contributed by atoms with E-state index in [1.165, 1.54) is 11.8 Å². The van der Waals surface area contributed by atoms with E-state index in [4.69, 9.17) is 0 Å². The zero-order valence-corrected chi connectivity index (χ0v) is 14.7. The van der Waals surface area contributed by atoms with E-state index >= 15 is 0 Å². The van der Waals surface area contributed by atoms with E-state index in [1.54, 1.807) is 6.20 Å². The first-order chi connectivity index (χ1) is 11.5. The molecule has 5 heteroatoms. The molecule has 1 atom stereocenters. The average Bonchev–Trinajstić information content (AvgIpc) is 2.58. The summed E-state index contributed by atoms with van der Waals surface area (Å²) in [4.78, 5) is 12.5. The molecule has 24 heavy (non-hydrogen) atoms. The number of carbonyl (C=O) groups excluding carboxylic acids is 1. The molecule has 122 valence electrons. The van der Waals surface area contributed by atoms with Crippen molar-refractivity contribution >= 4 is 34.1 Å². The monoisotopic (exact) mass is 337 g/mol. The van der Waals surface area contributed by atoms with Crippen molar-refractivity contribution in [2.75, 3.05) is 5.32 Å². The molecule has 3 rings (SSSR count).